The van der Waals surface area contributed by atoms with Gasteiger partial charge in [-0.3, -0.25) is 0 Å². The van der Waals surface area contributed by atoms with Gasteiger partial charge in [0.25, 0.3) is 0 Å². The number of hydrogen-bond donors (Lipinski definition) is 2. The van der Waals surface area contributed by atoms with Gasteiger partial charge < -0.3 is 24.7 Å². The third-order valence-electron chi connectivity index (χ3n) is 5.05. The van der Waals surface area contributed by atoms with Crippen molar-refractivity contribution in [2.24, 2.45) is 0 Å². The van der Waals surface area contributed by atoms with Crippen molar-refractivity contribution in [3.8, 4) is 0 Å². The summed E-state index contributed by atoms with van der Waals surface area (Å²) in [7, 11) is 0. The number of fused-ring (bicyclic) bond motifs is 2. The van der Waals surface area contributed by atoms with Crippen molar-refractivity contribution in [1.29, 1.82) is 0 Å². The van der Waals surface area contributed by atoms with Crippen LogP contribution in [0.5, 0.6) is 0 Å². The zero-order chi connectivity index (χ0) is 18.2. The average molecular weight is 366 g/mol. The van der Waals surface area contributed by atoms with Crippen LogP contribution in [0.2, 0.25) is 0 Å². The van der Waals surface area contributed by atoms with Gasteiger partial charge in [0, 0.05) is 25.5 Å². The molecular formula is C19H22N6O2. The van der Waals surface area contributed by atoms with Gasteiger partial charge >= 0.3 is 0 Å². The molecule has 140 valence electrons. The lowest BCUT2D eigenvalue weighted by atomic mass is 10.3. The number of aromatic nitrogens is 4. The molecule has 27 heavy (non-hydrogen) atoms. The maximum Gasteiger partial charge on any atom is 0.156 e. The van der Waals surface area contributed by atoms with Crippen LogP contribution < -0.4 is 10.2 Å². The summed E-state index contributed by atoms with van der Waals surface area (Å²) in [6.07, 6.45) is 3.73. The van der Waals surface area contributed by atoms with Gasteiger partial charge in [0.05, 0.1) is 24.8 Å². The molecule has 0 spiro atoms. The van der Waals surface area contributed by atoms with E-state index in [4.69, 9.17) is 9.47 Å². The SMILES string of the molecule is Cc1nc(N2C[C@@H]3OCC(Nc4ccccn4)CO[C@H]3C2)c2[nH]ccc2n1. The van der Waals surface area contributed by atoms with Gasteiger partial charge in [0.1, 0.15) is 29.4 Å². The third-order valence-corrected chi connectivity index (χ3v) is 5.05. The number of pyridine rings is 1. The molecule has 8 nitrogen and oxygen atoms in total. The van der Waals surface area contributed by atoms with E-state index in [1.165, 1.54) is 0 Å². The van der Waals surface area contributed by atoms with E-state index < -0.39 is 0 Å². The largest absolute Gasteiger partial charge is 0.371 e. The standard InChI is InChI=1S/C19H22N6O2/c1-12-22-14-5-7-21-18(14)19(23-12)25-8-15-16(9-25)27-11-13(10-26-15)24-17-4-2-3-6-20-17/h2-7,13,15-16,21H,8-11H2,1H3,(H,20,24)/t15-,16-/m0/s1. The molecule has 0 amide bonds. The minimum atomic E-state index is 0.0285. The Balaban J connectivity index is 1.29. The summed E-state index contributed by atoms with van der Waals surface area (Å²) in [6.45, 7) is 4.61. The van der Waals surface area contributed by atoms with E-state index in [0.29, 0.717) is 13.2 Å². The van der Waals surface area contributed by atoms with Crippen LogP contribution in [-0.4, -0.2) is 64.5 Å². The predicted octanol–water partition coefficient (Wildman–Crippen LogP) is 1.75. The first kappa shape index (κ1) is 16.5. The van der Waals surface area contributed by atoms with E-state index in [0.717, 1.165) is 41.6 Å². The summed E-state index contributed by atoms with van der Waals surface area (Å²) in [5, 5.41) is 3.38. The van der Waals surface area contributed by atoms with E-state index in [-0.39, 0.29) is 18.2 Å². The molecule has 0 radical (unpaired) electrons. The highest BCUT2D eigenvalue weighted by atomic mass is 16.6. The van der Waals surface area contributed by atoms with Crippen molar-refractivity contribution < 1.29 is 9.47 Å². The fraction of sp³-hybridized carbons (Fsp3) is 0.421. The molecule has 2 aliphatic heterocycles. The molecule has 2 aliphatic rings. The fourth-order valence-electron chi connectivity index (χ4n) is 3.78. The first-order valence-corrected chi connectivity index (χ1v) is 9.24. The summed E-state index contributed by atoms with van der Waals surface area (Å²) in [4.78, 5) is 18.9. The van der Waals surface area contributed by atoms with Crippen molar-refractivity contribution in [3.63, 3.8) is 0 Å². The highest BCUT2D eigenvalue weighted by Crippen LogP contribution is 2.29. The molecule has 3 aromatic rings. The van der Waals surface area contributed by atoms with Crippen molar-refractivity contribution >= 4 is 22.7 Å². The zero-order valence-electron chi connectivity index (χ0n) is 15.1. The second-order valence-corrected chi connectivity index (χ2v) is 7.04. The summed E-state index contributed by atoms with van der Waals surface area (Å²) in [5.74, 6) is 2.53. The fourth-order valence-corrected chi connectivity index (χ4v) is 3.78. The predicted molar refractivity (Wildman–Crippen MR) is 102 cm³/mol. The Kier molecular flexibility index (Phi) is 4.14. The molecule has 0 aromatic carbocycles. The van der Waals surface area contributed by atoms with Crippen molar-refractivity contribution in [2.75, 3.05) is 36.5 Å². The van der Waals surface area contributed by atoms with E-state index in [9.17, 15) is 0 Å². The van der Waals surface area contributed by atoms with E-state index in [1.807, 2.05) is 37.4 Å². The smallest absolute Gasteiger partial charge is 0.156 e. The Bertz CT molecular complexity index is 914. The van der Waals surface area contributed by atoms with Crippen LogP contribution in [0.15, 0.2) is 36.7 Å². The van der Waals surface area contributed by atoms with E-state index >= 15 is 0 Å². The van der Waals surface area contributed by atoms with Gasteiger partial charge in [-0.2, -0.15) is 0 Å². The number of aromatic amines is 1. The molecule has 5 heterocycles. The minimum Gasteiger partial charge on any atom is -0.371 e. The lowest BCUT2D eigenvalue weighted by Crippen LogP contribution is -2.31. The lowest BCUT2D eigenvalue weighted by molar-refractivity contribution is -0.00461. The number of aryl methyl sites for hydroxylation is 1. The van der Waals surface area contributed by atoms with Gasteiger partial charge in [-0.15, -0.1) is 0 Å². The Hall–Kier alpha value is -2.71. The first-order chi connectivity index (χ1) is 13.3. The van der Waals surface area contributed by atoms with Gasteiger partial charge in [-0.05, 0) is 25.1 Å². The van der Waals surface area contributed by atoms with Gasteiger partial charge in [-0.25, -0.2) is 15.0 Å². The summed E-state index contributed by atoms with van der Waals surface area (Å²) in [6, 6.07) is 7.89. The molecule has 2 saturated heterocycles. The second kappa shape index (κ2) is 6.79. The molecule has 0 saturated carbocycles. The molecule has 8 heteroatoms. The molecule has 3 aromatic heterocycles. The quantitative estimate of drug-likeness (QED) is 0.730. The summed E-state index contributed by atoms with van der Waals surface area (Å²) >= 11 is 0. The molecule has 0 bridgehead atoms. The molecule has 0 aliphatic carbocycles. The Morgan fingerprint density at radius 3 is 2.67 bits per heavy atom. The molecule has 2 fully saturated rings. The van der Waals surface area contributed by atoms with Gasteiger partial charge in [-0.1, -0.05) is 6.07 Å². The van der Waals surface area contributed by atoms with Gasteiger partial charge in [0.2, 0.25) is 0 Å². The third kappa shape index (κ3) is 3.22. The van der Waals surface area contributed by atoms with Crippen LogP contribution >= 0.6 is 0 Å². The maximum absolute atomic E-state index is 6.18. The summed E-state index contributed by atoms with van der Waals surface area (Å²) in [5.41, 5.74) is 1.90. The Morgan fingerprint density at radius 2 is 1.93 bits per heavy atom. The normalized spacial score (nSPS) is 23.4. The van der Waals surface area contributed by atoms with Crippen LogP contribution in [0.25, 0.3) is 11.0 Å². The zero-order valence-corrected chi connectivity index (χ0v) is 15.1. The summed E-state index contributed by atoms with van der Waals surface area (Å²) < 4.78 is 12.4. The average Bonchev–Trinajstić information content (AvgIpc) is 3.27. The number of hydrogen-bond acceptors (Lipinski definition) is 7. The number of H-pyrrole nitrogens is 1. The van der Waals surface area contributed by atoms with Crippen LogP contribution in [0.4, 0.5) is 11.6 Å². The van der Waals surface area contributed by atoms with E-state index in [1.54, 1.807) is 6.20 Å². The van der Waals surface area contributed by atoms with Crippen molar-refractivity contribution in [2.45, 2.75) is 25.2 Å². The molecule has 5 rings (SSSR count). The van der Waals surface area contributed by atoms with Crippen molar-refractivity contribution in [1.82, 2.24) is 19.9 Å². The van der Waals surface area contributed by atoms with E-state index in [2.05, 4.69) is 30.2 Å². The Labute approximate surface area is 156 Å². The van der Waals surface area contributed by atoms with Crippen molar-refractivity contribution in [3.05, 3.63) is 42.5 Å². The highest BCUT2D eigenvalue weighted by Gasteiger charge is 2.38. The number of anilines is 2. The molecule has 2 N–H and O–H groups in total. The minimum absolute atomic E-state index is 0.0285. The number of ether oxygens (including phenoxy) is 2. The van der Waals surface area contributed by atoms with Crippen LogP contribution in [0.3, 0.4) is 0 Å². The second-order valence-electron chi connectivity index (χ2n) is 7.04. The van der Waals surface area contributed by atoms with Crippen LogP contribution in [-0.2, 0) is 9.47 Å². The number of nitrogens with one attached hydrogen (secondary N) is 2. The van der Waals surface area contributed by atoms with Crippen LogP contribution in [0, 0.1) is 6.92 Å². The number of rotatable bonds is 3. The van der Waals surface area contributed by atoms with Crippen LogP contribution in [0.1, 0.15) is 5.82 Å². The monoisotopic (exact) mass is 366 g/mol. The molecule has 2 atom stereocenters. The topological polar surface area (TPSA) is 88.2 Å². The molecular weight excluding hydrogens is 344 g/mol. The lowest BCUT2D eigenvalue weighted by Gasteiger charge is -2.21. The number of nitrogens with zero attached hydrogens (tertiary/aromatic N) is 4. The molecule has 0 unspecified atom stereocenters. The van der Waals surface area contributed by atoms with Gasteiger partial charge in [0.15, 0.2) is 5.82 Å². The highest BCUT2D eigenvalue weighted by molar-refractivity contribution is 5.86. The Morgan fingerprint density at radius 1 is 1.11 bits per heavy atom. The first-order valence-electron chi connectivity index (χ1n) is 9.24. The maximum atomic E-state index is 6.18.